The molecule has 0 saturated carbocycles. The summed E-state index contributed by atoms with van der Waals surface area (Å²) in [5, 5.41) is 6.16. The van der Waals surface area contributed by atoms with Crippen LogP contribution in [0.4, 0.5) is 0 Å². The van der Waals surface area contributed by atoms with Gasteiger partial charge in [-0.3, -0.25) is 14.7 Å². The second-order valence-electron chi connectivity index (χ2n) is 9.62. The van der Waals surface area contributed by atoms with Crippen LogP contribution in [0.1, 0.15) is 28.8 Å². The Morgan fingerprint density at radius 1 is 1.11 bits per heavy atom. The minimum atomic E-state index is 0.122. The maximum atomic E-state index is 13.6. The van der Waals surface area contributed by atoms with Gasteiger partial charge < -0.3 is 15.0 Å². The Bertz CT molecular complexity index is 1120. The van der Waals surface area contributed by atoms with Gasteiger partial charge in [0.25, 0.3) is 5.91 Å². The van der Waals surface area contributed by atoms with Crippen LogP contribution in [0, 0.1) is 0 Å². The summed E-state index contributed by atoms with van der Waals surface area (Å²) in [6.45, 7) is 5.50. The van der Waals surface area contributed by atoms with E-state index in [0.717, 1.165) is 67.5 Å². The van der Waals surface area contributed by atoms with Gasteiger partial charge in [-0.1, -0.05) is 42.5 Å². The van der Waals surface area contributed by atoms with Crippen molar-refractivity contribution >= 4 is 29.3 Å². The van der Waals surface area contributed by atoms with Crippen LogP contribution in [0.2, 0.25) is 0 Å². The number of amides is 1. The van der Waals surface area contributed by atoms with Gasteiger partial charge >= 0.3 is 0 Å². The Balaban J connectivity index is 1.26. The summed E-state index contributed by atoms with van der Waals surface area (Å²) >= 11 is 4.65. The molecule has 7 heteroatoms. The minimum absolute atomic E-state index is 0.122. The van der Waals surface area contributed by atoms with E-state index in [1.165, 1.54) is 0 Å². The number of nitrogens with one attached hydrogen (secondary N) is 1. The molecule has 184 valence electrons. The fraction of sp³-hybridized carbons (Fsp3) is 0.429. The van der Waals surface area contributed by atoms with E-state index in [4.69, 9.17) is 4.74 Å². The predicted molar refractivity (Wildman–Crippen MR) is 143 cm³/mol. The zero-order chi connectivity index (χ0) is 24.0. The van der Waals surface area contributed by atoms with Gasteiger partial charge in [0.1, 0.15) is 0 Å². The van der Waals surface area contributed by atoms with Crippen molar-refractivity contribution in [3.63, 3.8) is 0 Å². The molecule has 3 heterocycles. The molecule has 6 nitrogen and oxygen atoms in total. The molecule has 2 fully saturated rings. The molecule has 1 aromatic heterocycles. The number of hydrogen-bond acceptors (Lipinski definition) is 6. The van der Waals surface area contributed by atoms with Gasteiger partial charge in [0.15, 0.2) is 0 Å². The van der Waals surface area contributed by atoms with Crippen LogP contribution in [0.25, 0.3) is 10.8 Å². The first-order valence-electron chi connectivity index (χ1n) is 12.6. The van der Waals surface area contributed by atoms with Gasteiger partial charge in [0.2, 0.25) is 0 Å². The quantitative estimate of drug-likeness (QED) is 0.373. The van der Waals surface area contributed by atoms with E-state index in [9.17, 15) is 4.79 Å². The van der Waals surface area contributed by atoms with Gasteiger partial charge in [0.05, 0.1) is 6.61 Å². The molecule has 0 aliphatic carbocycles. The molecule has 0 bridgehead atoms. The molecule has 1 N–H and O–H groups in total. The predicted octanol–water partition coefficient (Wildman–Crippen LogP) is 3.63. The molecule has 3 atom stereocenters. The second kappa shape index (κ2) is 11.5. The lowest BCUT2D eigenvalue weighted by molar-refractivity contribution is 0.0304. The maximum absolute atomic E-state index is 13.6. The lowest BCUT2D eigenvalue weighted by Crippen LogP contribution is -2.57. The molecule has 0 radical (unpaired) electrons. The van der Waals surface area contributed by atoms with Crippen molar-refractivity contribution in [1.29, 1.82) is 0 Å². The highest BCUT2D eigenvalue weighted by Gasteiger charge is 2.33. The third kappa shape index (κ3) is 6.04. The van der Waals surface area contributed by atoms with Crippen molar-refractivity contribution in [3.05, 3.63) is 78.1 Å². The van der Waals surface area contributed by atoms with Crippen molar-refractivity contribution in [2.24, 2.45) is 0 Å². The SMILES string of the molecule is O=C(c1cccc2ccccc12)N1CCN(C[C@@H]2C[C@H](S)CN2)[C@@H](CCOCc2cccnc2)C1. The van der Waals surface area contributed by atoms with E-state index >= 15 is 0 Å². The van der Waals surface area contributed by atoms with E-state index in [2.05, 4.69) is 40.0 Å². The average Bonchev–Trinajstić information content (AvgIpc) is 3.31. The molecule has 1 amide bonds. The number of carbonyl (C=O) groups excluding carboxylic acids is 1. The van der Waals surface area contributed by atoms with Crippen LogP contribution in [-0.2, 0) is 11.3 Å². The number of piperazine rings is 1. The number of rotatable bonds is 8. The maximum Gasteiger partial charge on any atom is 0.254 e. The summed E-state index contributed by atoms with van der Waals surface area (Å²) in [5.74, 6) is 0.122. The smallest absolute Gasteiger partial charge is 0.254 e. The van der Waals surface area contributed by atoms with Crippen LogP contribution in [0.15, 0.2) is 67.0 Å². The highest BCUT2D eigenvalue weighted by atomic mass is 32.1. The van der Waals surface area contributed by atoms with E-state index in [1.54, 1.807) is 6.20 Å². The van der Waals surface area contributed by atoms with Crippen LogP contribution >= 0.6 is 12.6 Å². The zero-order valence-corrected chi connectivity index (χ0v) is 20.9. The summed E-state index contributed by atoms with van der Waals surface area (Å²) < 4.78 is 6.00. The Labute approximate surface area is 213 Å². The molecule has 3 aromatic rings. The first-order valence-corrected chi connectivity index (χ1v) is 13.1. The molecule has 0 spiro atoms. The van der Waals surface area contributed by atoms with Gasteiger partial charge in [-0.25, -0.2) is 0 Å². The molecule has 2 aromatic carbocycles. The van der Waals surface area contributed by atoms with Crippen LogP contribution in [0.3, 0.4) is 0 Å². The van der Waals surface area contributed by atoms with E-state index < -0.39 is 0 Å². The molecule has 2 saturated heterocycles. The topological polar surface area (TPSA) is 57.7 Å². The molecular weight excluding hydrogens is 456 g/mol. The minimum Gasteiger partial charge on any atom is -0.377 e. The highest BCUT2D eigenvalue weighted by molar-refractivity contribution is 7.81. The van der Waals surface area contributed by atoms with Crippen molar-refractivity contribution < 1.29 is 9.53 Å². The summed E-state index contributed by atoms with van der Waals surface area (Å²) in [7, 11) is 0. The molecule has 0 unspecified atom stereocenters. The van der Waals surface area contributed by atoms with Crippen LogP contribution < -0.4 is 5.32 Å². The fourth-order valence-corrected chi connectivity index (χ4v) is 5.65. The standard InChI is InChI=1S/C28H34N4O2S/c33-28(27-9-3-7-22-6-1-2-8-26(22)27)32-13-12-31(18-23-15-25(35)17-30-23)24(19-32)10-14-34-20-21-5-4-11-29-16-21/h1-9,11,16,23-25,30,35H,10,12-15,17-20H2/t23-,24-,25-/m0/s1. The van der Waals surface area contributed by atoms with E-state index in [0.29, 0.717) is 24.5 Å². The number of fused-ring (bicyclic) bond motifs is 1. The number of carbonyl (C=O) groups is 1. The van der Waals surface area contributed by atoms with E-state index in [1.807, 2.05) is 53.6 Å². The fourth-order valence-electron chi connectivity index (χ4n) is 5.29. The van der Waals surface area contributed by atoms with Crippen molar-refractivity contribution in [3.8, 4) is 0 Å². The summed E-state index contributed by atoms with van der Waals surface area (Å²) in [6, 6.07) is 18.8. The Kier molecular flexibility index (Phi) is 7.99. The number of aromatic nitrogens is 1. The van der Waals surface area contributed by atoms with Crippen LogP contribution in [-0.4, -0.2) is 77.4 Å². The van der Waals surface area contributed by atoms with Gasteiger partial charge in [-0.15, -0.1) is 0 Å². The van der Waals surface area contributed by atoms with Gasteiger partial charge in [-0.05, 0) is 41.3 Å². The number of pyridine rings is 1. The normalized spacial score (nSPS) is 23.1. The Morgan fingerprint density at radius 2 is 2.00 bits per heavy atom. The van der Waals surface area contributed by atoms with Crippen molar-refractivity contribution in [2.45, 2.75) is 36.8 Å². The molecule has 2 aliphatic rings. The van der Waals surface area contributed by atoms with Gasteiger partial charge in [-0.2, -0.15) is 12.6 Å². The zero-order valence-electron chi connectivity index (χ0n) is 20.1. The summed E-state index contributed by atoms with van der Waals surface area (Å²) in [5.41, 5.74) is 1.87. The average molecular weight is 491 g/mol. The Hall–Kier alpha value is -2.45. The largest absolute Gasteiger partial charge is 0.377 e. The second-order valence-corrected chi connectivity index (χ2v) is 10.4. The van der Waals surface area contributed by atoms with Gasteiger partial charge in [0, 0.05) is 74.6 Å². The summed E-state index contributed by atoms with van der Waals surface area (Å²) in [6.07, 6.45) is 5.59. The third-order valence-electron chi connectivity index (χ3n) is 7.15. The number of thiol groups is 1. The third-order valence-corrected chi connectivity index (χ3v) is 7.55. The van der Waals surface area contributed by atoms with Crippen molar-refractivity contribution in [1.82, 2.24) is 20.1 Å². The lowest BCUT2D eigenvalue weighted by atomic mass is 10.0. The number of benzene rings is 2. The molecule has 35 heavy (non-hydrogen) atoms. The van der Waals surface area contributed by atoms with Crippen LogP contribution in [0.5, 0.6) is 0 Å². The number of ether oxygens (including phenoxy) is 1. The number of hydrogen-bond donors (Lipinski definition) is 2. The first kappa shape index (κ1) is 24.3. The van der Waals surface area contributed by atoms with E-state index in [-0.39, 0.29) is 11.9 Å². The highest BCUT2D eigenvalue weighted by Crippen LogP contribution is 2.23. The summed E-state index contributed by atoms with van der Waals surface area (Å²) in [4.78, 5) is 22.4. The number of nitrogens with zero attached hydrogens (tertiary/aromatic N) is 3. The monoisotopic (exact) mass is 490 g/mol. The molecule has 2 aliphatic heterocycles. The first-order chi connectivity index (χ1) is 17.2. The lowest BCUT2D eigenvalue weighted by Gasteiger charge is -2.42. The molecular formula is C28H34N4O2S. The molecule has 5 rings (SSSR count). The van der Waals surface area contributed by atoms with Crippen molar-refractivity contribution in [2.75, 3.05) is 39.3 Å². The Morgan fingerprint density at radius 3 is 2.83 bits per heavy atom.